The molecule has 4 rings (SSSR count). The van der Waals surface area contributed by atoms with Gasteiger partial charge >= 0.3 is 5.97 Å². The van der Waals surface area contributed by atoms with Crippen molar-refractivity contribution in [3.8, 4) is 11.1 Å². The van der Waals surface area contributed by atoms with E-state index in [2.05, 4.69) is 55.6 Å². The van der Waals surface area contributed by atoms with Crippen molar-refractivity contribution < 1.29 is 14.3 Å². The van der Waals surface area contributed by atoms with Gasteiger partial charge in [0.1, 0.15) is 0 Å². The fourth-order valence-corrected chi connectivity index (χ4v) is 5.02. The Morgan fingerprint density at radius 1 is 1.03 bits per heavy atom. The Balaban J connectivity index is 1.81. The first kappa shape index (κ1) is 24.0. The topological polar surface area (TPSA) is 55.4 Å². The van der Waals surface area contributed by atoms with Gasteiger partial charge in [-0.25, -0.2) is 4.79 Å². The second-order valence-electron chi connectivity index (χ2n) is 10.6. The molecular weight excluding hydrogens is 422 g/mol. The van der Waals surface area contributed by atoms with E-state index in [1.54, 1.807) is 0 Å². The van der Waals surface area contributed by atoms with Crippen molar-refractivity contribution in [3.05, 3.63) is 82.7 Å². The largest absolute Gasteiger partial charge is 0.462 e. The average Bonchev–Trinajstić information content (AvgIpc) is 2.81. The predicted molar refractivity (Wildman–Crippen MR) is 136 cm³/mol. The van der Waals surface area contributed by atoms with Crippen molar-refractivity contribution in [2.45, 2.75) is 59.8 Å². The Bertz CT molecular complexity index is 1140. The van der Waals surface area contributed by atoms with Crippen LogP contribution in [0, 0.1) is 11.3 Å². The highest BCUT2D eigenvalue weighted by Gasteiger charge is 2.43. The maximum atomic E-state index is 13.5. The van der Waals surface area contributed by atoms with Crippen molar-refractivity contribution in [3.63, 3.8) is 0 Å². The summed E-state index contributed by atoms with van der Waals surface area (Å²) in [5.41, 5.74) is 6.18. The highest BCUT2D eigenvalue weighted by molar-refractivity contribution is 6.04. The molecule has 0 fully saturated rings. The number of nitrogens with one attached hydrogen (secondary N) is 1. The van der Waals surface area contributed by atoms with Gasteiger partial charge in [-0.15, -0.1) is 0 Å². The first-order valence-electron chi connectivity index (χ1n) is 12.3. The predicted octanol–water partition coefficient (Wildman–Crippen LogP) is 6.55. The number of ether oxygens (including phenoxy) is 1. The standard InChI is InChI=1S/C30H35NO3/c1-6-23-28(29(33)34-18-19(2)3)26(27-24(31-23)16-30(4,5)17-25(27)32)22-14-12-21(13-15-22)20-10-8-7-9-11-20/h7-15,19,26,31H,6,16-18H2,1-5H3. The van der Waals surface area contributed by atoms with Gasteiger partial charge in [0.15, 0.2) is 5.78 Å². The lowest BCUT2D eigenvalue weighted by atomic mass is 9.68. The van der Waals surface area contributed by atoms with Crippen molar-refractivity contribution in [2.24, 2.45) is 11.3 Å². The van der Waals surface area contributed by atoms with Crippen LogP contribution in [0.3, 0.4) is 0 Å². The van der Waals surface area contributed by atoms with Gasteiger partial charge in [0.05, 0.1) is 12.2 Å². The number of Topliss-reactive ketones (excluding diaryl/α,β-unsaturated/α-hetero) is 1. The van der Waals surface area contributed by atoms with E-state index in [1.165, 1.54) is 0 Å². The molecule has 1 heterocycles. The van der Waals surface area contributed by atoms with E-state index in [4.69, 9.17) is 4.74 Å². The molecule has 4 nitrogen and oxygen atoms in total. The number of dihydropyridines is 1. The smallest absolute Gasteiger partial charge is 0.336 e. The molecule has 1 unspecified atom stereocenters. The first-order chi connectivity index (χ1) is 16.2. The lowest BCUT2D eigenvalue weighted by molar-refractivity contribution is -0.140. The second kappa shape index (κ2) is 9.61. The molecule has 0 bridgehead atoms. The van der Waals surface area contributed by atoms with E-state index < -0.39 is 5.92 Å². The van der Waals surface area contributed by atoms with Gasteiger partial charge in [0, 0.05) is 29.3 Å². The van der Waals surface area contributed by atoms with Crippen LogP contribution in [0.15, 0.2) is 77.1 Å². The third kappa shape index (κ3) is 4.86. The number of benzene rings is 2. The molecule has 178 valence electrons. The minimum atomic E-state index is -0.417. The molecule has 0 saturated heterocycles. The average molecular weight is 458 g/mol. The number of rotatable bonds is 6. The summed E-state index contributed by atoms with van der Waals surface area (Å²) in [7, 11) is 0. The molecule has 1 aliphatic heterocycles. The molecule has 0 amide bonds. The molecule has 34 heavy (non-hydrogen) atoms. The van der Waals surface area contributed by atoms with Crippen LogP contribution in [0.4, 0.5) is 0 Å². The van der Waals surface area contributed by atoms with Crippen LogP contribution in [-0.2, 0) is 14.3 Å². The highest BCUT2D eigenvalue weighted by Crippen LogP contribution is 2.47. The highest BCUT2D eigenvalue weighted by atomic mass is 16.5. The lowest BCUT2D eigenvalue weighted by Gasteiger charge is -2.40. The fourth-order valence-electron chi connectivity index (χ4n) is 5.02. The Morgan fingerprint density at radius 3 is 2.29 bits per heavy atom. The van der Waals surface area contributed by atoms with Crippen LogP contribution in [0.1, 0.15) is 65.4 Å². The van der Waals surface area contributed by atoms with Gasteiger partial charge in [-0.1, -0.05) is 89.2 Å². The monoisotopic (exact) mass is 457 g/mol. The molecule has 1 N–H and O–H groups in total. The summed E-state index contributed by atoms with van der Waals surface area (Å²) in [5, 5.41) is 3.48. The van der Waals surface area contributed by atoms with E-state index in [-0.39, 0.29) is 23.1 Å². The molecule has 0 spiro atoms. The quantitative estimate of drug-likeness (QED) is 0.500. The lowest BCUT2D eigenvalue weighted by Crippen LogP contribution is -2.39. The van der Waals surface area contributed by atoms with E-state index >= 15 is 0 Å². The Morgan fingerprint density at radius 2 is 1.68 bits per heavy atom. The number of allylic oxidation sites excluding steroid dienone is 3. The number of ketones is 1. The minimum Gasteiger partial charge on any atom is -0.462 e. The molecule has 0 saturated carbocycles. The van der Waals surface area contributed by atoms with Crippen molar-refractivity contribution in [1.82, 2.24) is 5.32 Å². The van der Waals surface area contributed by atoms with E-state index in [1.807, 2.05) is 39.0 Å². The zero-order chi connectivity index (χ0) is 24.5. The summed E-state index contributed by atoms with van der Waals surface area (Å²) >= 11 is 0. The van der Waals surface area contributed by atoms with Crippen LogP contribution in [0.25, 0.3) is 11.1 Å². The zero-order valence-corrected chi connectivity index (χ0v) is 20.9. The third-order valence-electron chi connectivity index (χ3n) is 6.60. The summed E-state index contributed by atoms with van der Waals surface area (Å²) in [6.45, 7) is 10.7. The van der Waals surface area contributed by atoms with Crippen LogP contribution in [0.2, 0.25) is 0 Å². The van der Waals surface area contributed by atoms with E-state index in [9.17, 15) is 9.59 Å². The first-order valence-corrected chi connectivity index (χ1v) is 12.3. The molecule has 0 radical (unpaired) electrons. The Kier molecular flexibility index (Phi) is 6.79. The maximum Gasteiger partial charge on any atom is 0.336 e. The Hall–Kier alpha value is -3.14. The summed E-state index contributed by atoms with van der Waals surface area (Å²) in [6, 6.07) is 18.5. The van der Waals surface area contributed by atoms with Crippen LogP contribution < -0.4 is 5.32 Å². The second-order valence-corrected chi connectivity index (χ2v) is 10.6. The third-order valence-corrected chi connectivity index (χ3v) is 6.60. The molecule has 2 aromatic carbocycles. The summed E-state index contributed by atoms with van der Waals surface area (Å²) in [4.78, 5) is 26.9. The molecular formula is C30H35NO3. The number of hydrogen-bond acceptors (Lipinski definition) is 4. The SMILES string of the molecule is CCC1=C(C(=O)OCC(C)C)C(c2ccc(-c3ccccc3)cc2)C2=C(CC(C)(C)CC2=O)N1. The molecule has 2 aliphatic rings. The zero-order valence-electron chi connectivity index (χ0n) is 20.9. The number of carbonyl (C=O) groups excluding carboxylic acids is 2. The Labute approximate surface area is 203 Å². The van der Waals surface area contributed by atoms with Gasteiger partial charge < -0.3 is 10.1 Å². The van der Waals surface area contributed by atoms with Crippen LogP contribution in [0.5, 0.6) is 0 Å². The van der Waals surface area contributed by atoms with Gasteiger partial charge in [0.25, 0.3) is 0 Å². The minimum absolute atomic E-state index is 0.111. The maximum absolute atomic E-state index is 13.5. The molecule has 0 aromatic heterocycles. The van der Waals surface area contributed by atoms with Gasteiger partial charge in [-0.05, 0) is 40.9 Å². The summed E-state index contributed by atoms with van der Waals surface area (Å²) < 4.78 is 5.71. The van der Waals surface area contributed by atoms with E-state index in [0.717, 1.165) is 40.1 Å². The van der Waals surface area contributed by atoms with Crippen LogP contribution >= 0.6 is 0 Å². The van der Waals surface area contributed by atoms with Crippen LogP contribution in [-0.4, -0.2) is 18.4 Å². The van der Waals surface area contributed by atoms with Gasteiger partial charge in [-0.3, -0.25) is 4.79 Å². The van der Waals surface area contributed by atoms with Crippen molar-refractivity contribution >= 4 is 11.8 Å². The number of hydrogen-bond donors (Lipinski definition) is 1. The molecule has 1 atom stereocenters. The van der Waals surface area contributed by atoms with Crippen molar-refractivity contribution in [1.29, 1.82) is 0 Å². The summed E-state index contributed by atoms with van der Waals surface area (Å²) in [5.74, 6) is -0.402. The fraction of sp³-hybridized carbons (Fsp3) is 0.400. The van der Waals surface area contributed by atoms with Gasteiger partial charge in [0.2, 0.25) is 0 Å². The van der Waals surface area contributed by atoms with E-state index in [0.29, 0.717) is 25.0 Å². The normalized spacial score (nSPS) is 19.7. The molecule has 4 heteroatoms. The van der Waals surface area contributed by atoms with Gasteiger partial charge in [-0.2, -0.15) is 0 Å². The molecule has 2 aromatic rings. The summed E-state index contributed by atoms with van der Waals surface area (Å²) in [6.07, 6.45) is 1.92. The number of carbonyl (C=O) groups is 2. The van der Waals surface area contributed by atoms with Crippen molar-refractivity contribution in [2.75, 3.05) is 6.61 Å². The number of esters is 1. The molecule has 1 aliphatic carbocycles.